The summed E-state index contributed by atoms with van der Waals surface area (Å²) < 4.78 is 0. The zero-order valence-corrected chi connectivity index (χ0v) is 13.4. The van der Waals surface area contributed by atoms with Crippen LogP contribution in [0.25, 0.3) is 0 Å². The van der Waals surface area contributed by atoms with Gasteiger partial charge in [-0.1, -0.05) is 12.1 Å². The van der Waals surface area contributed by atoms with Crippen molar-refractivity contribution in [2.45, 2.75) is 13.1 Å². The molecule has 112 valence electrons. The topological polar surface area (TPSA) is 52.6 Å². The highest BCUT2D eigenvalue weighted by Gasteiger charge is 2.02. The third kappa shape index (κ3) is 4.75. The Morgan fingerprint density at radius 3 is 2.67 bits per heavy atom. The van der Waals surface area contributed by atoms with Crippen molar-refractivity contribution in [2.24, 2.45) is 4.99 Å². The van der Waals surface area contributed by atoms with Gasteiger partial charge in [0.05, 0.1) is 18.8 Å². The van der Waals surface area contributed by atoms with Crippen molar-refractivity contribution in [3.63, 3.8) is 0 Å². The highest BCUT2D eigenvalue weighted by molar-refractivity contribution is 7.09. The van der Waals surface area contributed by atoms with Crippen LogP contribution in [0.5, 0.6) is 0 Å². The Labute approximate surface area is 129 Å². The highest BCUT2D eigenvalue weighted by Crippen LogP contribution is 2.08. The normalized spacial score (nSPS) is 11.3. The molecule has 0 spiro atoms. The van der Waals surface area contributed by atoms with E-state index in [0.29, 0.717) is 6.54 Å². The number of aromatic nitrogens is 1. The van der Waals surface area contributed by atoms with Crippen LogP contribution >= 0.6 is 11.3 Å². The van der Waals surface area contributed by atoms with Crippen LogP contribution in [-0.2, 0) is 13.1 Å². The molecule has 0 aliphatic rings. The van der Waals surface area contributed by atoms with E-state index < -0.39 is 0 Å². The molecule has 0 saturated carbocycles. The fraction of sp³-hybridized carbons (Fsp3) is 0.333. The zero-order chi connectivity index (χ0) is 15.1. The molecule has 5 nitrogen and oxygen atoms in total. The minimum atomic E-state index is 0.645. The van der Waals surface area contributed by atoms with Crippen LogP contribution in [0, 0.1) is 0 Å². The number of nitrogens with zero attached hydrogens (tertiary/aromatic N) is 3. The molecule has 2 heterocycles. The van der Waals surface area contributed by atoms with Gasteiger partial charge in [-0.05, 0) is 23.6 Å². The monoisotopic (exact) mass is 303 g/mol. The molecule has 0 fully saturated rings. The summed E-state index contributed by atoms with van der Waals surface area (Å²) in [5.74, 6) is 1.73. The van der Waals surface area contributed by atoms with E-state index >= 15 is 0 Å². The van der Waals surface area contributed by atoms with Crippen molar-refractivity contribution in [3.8, 4) is 0 Å². The van der Waals surface area contributed by atoms with Gasteiger partial charge >= 0.3 is 0 Å². The first-order chi connectivity index (χ1) is 10.2. The standard InChI is InChI=1S/C15H21N5S/c1-16-15(18-11-13-7-5-9-21-13)17-10-12-6-4-8-14(19-12)20(2)3/h4-9H,10-11H2,1-3H3,(H2,16,17,18). The van der Waals surface area contributed by atoms with Crippen molar-refractivity contribution in [3.05, 3.63) is 46.3 Å². The maximum absolute atomic E-state index is 4.57. The molecule has 2 rings (SSSR count). The number of anilines is 1. The van der Waals surface area contributed by atoms with Gasteiger partial charge in [-0.2, -0.15) is 0 Å². The summed E-state index contributed by atoms with van der Waals surface area (Å²) in [5, 5.41) is 8.64. The lowest BCUT2D eigenvalue weighted by Crippen LogP contribution is -2.36. The lowest BCUT2D eigenvalue weighted by atomic mass is 10.3. The summed E-state index contributed by atoms with van der Waals surface area (Å²) in [6, 6.07) is 10.2. The molecule has 0 atom stereocenters. The second-order valence-corrected chi connectivity index (χ2v) is 5.77. The van der Waals surface area contributed by atoms with Gasteiger partial charge in [-0.25, -0.2) is 4.98 Å². The van der Waals surface area contributed by atoms with Gasteiger partial charge in [0.25, 0.3) is 0 Å². The lowest BCUT2D eigenvalue weighted by Gasteiger charge is -2.14. The van der Waals surface area contributed by atoms with Crippen molar-refractivity contribution in [1.82, 2.24) is 15.6 Å². The Kier molecular flexibility index (Phi) is 5.57. The number of aliphatic imine (C=N–C) groups is 1. The van der Waals surface area contributed by atoms with Crippen molar-refractivity contribution in [1.29, 1.82) is 0 Å². The molecule has 6 heteroatoms. The van der Waals surface area contributed by atoms with Gasteiger partial charge in [-0.15, -0.1) is 11.3 Å². The molecule has 0 aliphatic heterocycles. The first-order valence-corrected chi connectivity index (χ1v) is 7.67. The van der Waals surface area contributed by atoms with Crippen LogP contribution in [-0.4, -0.2) is 32.1 Å². The molecule has 0 unspecified atom stereocenters. The number of hydrogen-bond acceptors (Lipinski definition) is 4. The van der Waals surface area contributed by atoms with E-state index in [4.69, 9.17) is 0 Å². The number of rotatable bonds is 5. The average Bonchev–Trinajstić information content (AvgIpc) is 3.01. The number of thiophene rings is 1. The Bertz CT molecular complexity index is 578. The molecule has 21 heavy (non-hydrogen) atoms. The van der Waals surface area contributed by atoms with Gasteiger partial charge in [0.15, 0.2) is 5.96 Å². The molecule has 0 aromatic carbocycles. The van der Waals surface area contributed by atoms with Crippen LogP contribution in [0.15, 0.2) is 40.7 Å². The van der Waals surface area contributed by atoms with Crippen LogP contribution in [0.1, 0.15) is 10.6 Å². The maximum atomic E-state index is 4.57. The highest BCUT2D eigenvalue weighted by atomic mass is 32.1. The molecule has 0 saturated heterocycles. The van der Waals surface area contributed by atoms with E-state index in [1.165, 1.54) is 4.88 Å². The summed E-state index contributed by atoms with van der Waals surface area (Å²) >= 11 is 1.73. The van der Waals surface area contributed by atoms with E-state index in [2.05, 4.69) is 38.1 Å². The molecule has 2 N–H and O–H groups in total. The van der Waals surface area contributed by atoms with E-state index in [1.54, 1.807) is 18.4 Å². The number of guanidine groups is 1. The van der Waals surface area contributed by atoms with E-state index in [0.717, 1.165) is 24.0 Å². The molecule has 0 bridgehead atoms. The molecule has 0 aliphatic carbocycles. The molecular formula is C15H21N5S. The van der Waals surface area contributed by atoms with Gasteiger partial charge < -0.3 is 15.5 Å². The number of nitrogens with one attached hydrogen (secondary N) is 2. The van der Waals surface area contributed by atoms with Crippen molar-refractivity contribution >= 4 is 23.1 Å². The summed E-state index contributed by atoms with van der Waals surface area (Å²) in [4.78, 5) is 12.1. The largest absolute Gasteiger partial charge is 0.363 e. The summed E-state index contributed by atoms with van der Waals surface area (Å²) in [6.45, 7) is 1.42. The third-order valence-electron chi connectivity index (χ3n) is 2.92. The van der Waals surface area contributed by atoms with Crippen molar-refractivity contribution in [2.75, 3.05) is 26.0 Å². The Hall–Kier alpha value is -2.08. The van der Waals surface area contributed by atoms with E-state index in [1.807, 2.05) is 37.2 Å². The molecular weight excluding hydrogens is 282 g/mol. The first-order valence-electron chi connectivity index (χ1n) is 6.79. The first kappa shape index (κ1) is 15.3. The number of hydrogen-bond donors (Lipinski definition) is 2. The summed E-state index contributed by atoms with van der Waals surface area (Å²) in [5.41, 5.74) is 0.986. The summed E-state index contributed by atoms with van der Waals surface area (Å²) in [6.07, 6.45) is 0. The van der Waals surface area contributed by atoms with Gasteiger partial charge in [-0.3, -0.25) is 4.99 Å². The van der Waals surface area contributed by atoms with Crippen LogP contribution in [0.4, 0.5) is 5.82 Å². The predicted octanol–water partition coefficient (Wildman–Crippen LogP) is 2.07. The Morgan fingerprint density at radius 1 is 1.19 bits per heavy atom. The molecule has 0 amide bonds. The minimum absolute atomic E-state index is 0.645. The van der Waals surface area contributed by atoms with Gasteiger partial charge in [0.2, 0.25) is 0 Å². The average molecular weight is 303 g/mol. The summed E-state index contributed by atoms with van der Waals surface area (Å²) in [7, 11) is 5.75. The number of pyridine rings is 1. The maximum Gasteiger partial charge on any atom is 0.191 e. The fourth-order valence-corrected chi connectivity index (χ4v) is 2.44. The molecule has 0 radical (unpaired) electrons. The smallest absolute Gasteiger partial charge is 0.191 e. The second-order valence-electron chi connectivity index (χ2n) is 4.74. The van der Waals surface area contributed by atoms with E-state index in [-0.39, 0.29) is 0 Å². The van der Waals surface area contributed by atoms with Crippen molar-refractivity contribution < 1.29 is 0 Å². The lowest BCUT2D eigenvalue weighted by molar-refractivity contribution is 0.797. The fourth-order valence-electron chi connectivity index (χ4n) is 1.79. The molecule has 2 aromatic rings. The minimum Gasteiger partial charge on any atom is -0.363 e. The Balaban J connectivity index is 1.86. The third-order valence-corrected chi connectivity index (χ3v) is 3.80. The van der Waals surface area contributed by atoms with Gasteiger partial charge in [0.1, 0.15) is 5.82 Å². The SMILES string of the molecule is CN=C(NCc1cccc(N(C)C)n1)NCc1cccs1. The van der Waals surface area contributed by atoms with Crippen LogP contribution < -0.4 is 15.5 Å². The van der Waals surface area contributed by atoms with Gasteiger partial charge in [0, 0.05) is 26.0 Å². The second kappa shape index (κ2) is 7.64. The Morgan fingerprint density at radius 2 is 2.00 bits per heavy atom. The molecule has 2 aromatic heterocycles. The van der Waals surface area contributed by atoms with Crippen LogP contribution in [0.3, 0.4) is 0 Å². The zero-order valence-electron chi connectivity index (χ0n) is 12.6. The quantitative estimate of drug-likeness (QED) is 0.656. The van der Waals surface area contributed by atoms with Crippen LogP contribution in [0.2, 0.25) is 0 Å². The predicted molar refractivity (Wildman–Crippen MR) is 89.9 cm³/mol. The van der Waals surface area contributed by atoms with E-state index in [9.17, 15) is 0 Å².